The Hall–Kier alpha value is -1.71. The molecule has 1 unspecified atom stereocenters. The van der Waals surface area contributed by atoms with E-state index in [1.165, 1.54) is 11.6 Å². The zero-order chi connectivity index (χ0) is 14.7. The summed E-state index contributed by atoms with van der Waals surface area (Å²) in [5.74, 6) is -0.133. The summed E-state index contributed by atoms with van der Waals surface area (Å²) < 4.78 is 14.0. The van der Waals surface area contributed by atoms with Crippen molar-refractivity contribution in [3.8, 4) is 0 Å². The predicted octanol–water partition coefficient (Wildman–Crippen LogP) is 3.62. The van der Waals surface area contributed by atoms with Crippen molar-refractivity contribution in [2.24, 2.45) is 5.73 Å². The van der Waals surface area contributed by atoms with Crippen LogP contribution in [-0.2, 0) is 13.1 Å². The van der Waals surface area contributed by atoms with E-state index in [9.17, 15) is 4.39 Å². The highest BCUT2D eigenvalue weighted by atomic mass is 19.1. The Morgan fingerprint density at radius 2 is 1.95 bits per heavy atom. The molecule has 0 radical (unpaired) electrons. The van der Waals surface area contributed by atoms with Crippen molar-refractivity contribution < 1.29 is 4.39 Å². The van der Waals surface area contributed by atoms with Crippen LogP contribution in [0.25, 0.3) is 0 Å². The molecule has 3 heteroatoms. The quantitative estimate of drug-likeness (QED) is 0.929. The van der Waals surface area contributed by atoms with Crippen LogP contribution in [0.15, 0.2) is 48.5 Å². The summed E-state index contributed by atoms with van der Waals surface area (Å²) in [6, 6.07) is 16.1. The molecule has 0 aromatic heterocycles. The molecule has 1 saturated heterocycles. The van der Waals surface area contributed by atoms with Gasteiger partial charge in [0.05, 0.1) is 0 Å². The van der Waals surface area contributed by atoms with Gasteiger partial charge >= 0.3 is 0 Å². The summed E-state index contributed by atoms with van der Waals surface area (Å²) in [5.41, 5.74) is 8.72. The van der Waals surface area contributed by atoms with Gasteiger partial charge in [0.1, 0.15) is 5.82 Å². The molecule has 0 aliphatic carbocycles. The lowest BCUT2D eigenvalue weighted by Gasteiger charge is -2.25. The van der Waals surface area contributed by atoms with Crippen molar-refractivity contribution in [2.45, 2.75) is 32.0 Å². The summed E-state index contributed by atoms with van der Waals surface area (Å²) in [7, 11) is 0. The predicted molar refractivity (Wildman–Crippen MR) is 83.1 cm³/mol. The Morgan fingerprint density at radius 1 is 1.14 bits per heavy atom. The Balaban J connectivity index is 1.81. The number of hydrogen-bond acceptors (Lipinski definition) is 2. The van der Waals surface area contributed by atoms with Crippen LogP contribution in [0.2, 0.25) is 0 Å². The number of nitrogens with two attached hydrogens (primary N) is 1. The highest BCUT2D eigenvalue weighted by Crippen LogP contribution is 2.33. The van der Waals surface area contributed by atoms with E-state index in [0.29, 0.717) is 19.1 Å². The largest absolute Gasteiger partial charge is 0.326 e. The Bertz CT molecular complexity index is 597. The van der Waals surface area contributed by atoms with Gasteiger partial charge in [0.15, 0.2) is 0 Å². The summed E-state index contributed by atoms with van der Waals surface area (Å²) in [4.78, 5) is 2.37. The highest BCUT2D eigenvalue weighted by molar-refractivity contribution is 5.26. The van der Waals surface area contributed by atoms with Crippen molar-refractivity contribution in [3.05, 3.63) is 71.0 Å². The third kappa shape index (κ3) is 3.14. The van der Waals surface area contributed by atoms with Crippen LogP contribution in [0.3, 0.4) is 0 Å². The monoisotopic (exact) mass is 284 g/mol. The van der Waals surface area contributed by atoms with Gasteiger partial charge in [-0.3, -0.25) is 4.90 Å². The molecule has 2 aromatic rings. The van der Waals surface area contributed by atoms with Crippen molar-refractivity contribution >= 4 is 0 Å². The average molecular weight is 284 g/mol. The fourth-order valence-corrected chi connectivity index (χ4v) is 3.16. The zero-order valence-electron chi connectivity index (χ0n) is 12.1. The molecule has 1 atom stereocenters. The second-order valence-corrected chi connectivity index (χ2v) is 5.67. The standard InChI is InChI=1S/C18H21FN2/c19-17-9-8-14(12-20)11-16(17)13-21-10-4-7-18(21)15-5-2-1-3-6-15/h1-3,5-6,8-9,11,18H,4,7,10,12-13,20H2. The number of likely N-dealkylation sites (tertiary alicyclic amines) is 1. The Kier molecular flexibility index (Phi) is 4.32. The van der Waals surface area contributed by atoms with E-state index in [4.69, 9.17) is 5.73 Å². The van der Waals surface area contributed by atoms with Crippen molar-refractivity contribution in [2.75, 3.05) is 6.54 Å². The molecule has 1 fully saturated rings. The first kappa shape index (κ1) is 14.2. The molecule has 0 saturated carbocycles. The number of halogens is 1. The summed E-state index contributed by atoms with van der Waals surface area (Å²) in [6.07, 6.45) is 2.31. The normalized spacial score (nSPS) is 19.0. The van der Waals surface area contributed by atoms with Crippen LogP contribution < -0.4 is 5.73 Å². The first-order valence-corrected chi connectivity index (χ1v) is 7.54. The molecule has 2 nitrogen and oxygen atoms in total. The van der Waals surface area contributed by atoms with E-state index >= 15 is 0 Å². The van der Waals surface area contributed by atoms with Crippen LogP contribution in [0.4, 0.5) is 4.39 Å². The fraction of sp³-hybridized carbons (Fsp3) is 0.333. The minimum atomic E-state index is -0.133. The lowest BCUT2D eigenvalue weighted by molar-refractivity contribution is 0.245. The number of hydrogen-bond donors (Lipinski definition) is 1. The smallest absolute Gasteiger partial charge is 0.127 e. The molecular formula is C18H21FN2. The van der Waals surface area contributed by atoms with Gasteiger partial charge in [0.25, 0.3) is 0 Å². The minimum Gasteiger partial charge on any atom is -0.326 e. The highest BCUT2D eigenvalue weighted by Gasteiger charge is 2.26. The molecule has 1 heterocycles. The Labute approximate surface area is 125 Å². The van der Waals surface area contributed by atoms with Crippen molar-refractivity contribution in [3.63, 3.8) is 0 Å². The number of nitrogens with zero attached hydrogens (tertiary/aromatic N) is 1. The average Bonchev–Trinajstić information content (AvgIpc) is 2.98. The number of benzene rings is 2. The summed E-state index contributed by atoms with van der Waals surface area (Å²) >= 11 is 0. The molecular weight excluding hydrogens is 263 g/mol. The van der Waals surface area contributed by atoms with E-state index in [2.05, 4.69) is 29.2 Å². The topological polar surface area (TPSA) is 29.3 Å². The fourth-order valence-electron chi connectivity index (χ4n) is 3.16. The third-order valence-electron chi connectivity index (χ3n) is 4.27. The molecule has 1 aliphatic rings. The van der Waals surface area contributed by atoms with Gasteiger partial charge in [0, 0.05) is 24.7 Å². The first-order chi connectivity index (χ1) is 10.3. The second kappa shape index (κ2) is 6.37. The van der Waals surface area contributed by atoms with E-state index in [0.717, 1.165) is 30.5 Å². The van der Waals surface area contributed by atoms with Crippen molar-refractivity contribution in [1.29, 1.82) is 0 Å². The molecule has 2 N–H and O–H groups in total. The third-order valence-corrected chi connectivity index (χ3v) is 4.27. The van der Waals surface area contributed by atoms with Gasteiger partial charge in [-0.05, 0) is 36.6 Å². The minimum absolute atomic E-state index is 0.133. The maximum absolute atomic E-state index is 14.0. The maximum atomic E-state index is 14.0. The van der Waals surface area contributed by atoms with Gasteiger partial charge in [-0.1, -0.05) is 42.5 Å². The van der Waals surface area contributed by atoms with Crippen LogP contribution in [0.5, 0.6) is 0 Å². The van der Waals surface area contributed by atoms with E-state index in [-0.39, 0.29) is 5.82 Å². The SMILES string of the molecule is NCc1ccc(F)c(CN2CCCC2c2ccccc2)c1. The lowest BCUT2D eigenvalue weighted by atomic mass is 10.0. The molecule has 2 aromatic carbocycles. The van der Waals surface area contributed by atoms with Gasteiger partial charge in [-0.25, -0.2) is 4.39 Å². The maximum Gasteiger partial charge on any atom is 0.127 e. The zero-order valence-corrected chi connectivity index (χ0v) is 12.1. The molecule has 0 amide bonds. The molecule has 0 spiro atoms. The van der Waals surface area contributed by atoms with E-state index in [1.54, 1.807) is 6.07 Å². The molecule has 110 valence electrons. The number of rotatable bonds is 4. The first-order valence-electron chi connectivity index (χ1n) is 7.54. The van der Waals surface area contributed by atoms with Crippen LogP contribution in [0.1, 0.15) is 35.6 Å². The summed E-state index contributed by atoms with van der Waals surface area (Å²) in [5, 5.41) is 0. The molecule has 3 rings (SSSR count). The Morgan fingerprint density at radius 3 is 2.71 bits per heavy atom. The van der Waals surface area contributed by atoms with E-state index < -0.39 is 0 Å². The van der Waals surface area contributed by atoms with Gasteiger partial charge in [-0.2, -0.15) is 0 Å². The van der Waals surface area contributed by atoms with Gasteiger partial charge in [0.2, 0.25) is 0 Å². The second-order valence-electron chi connectivity index (χ2n) is 5.67. The van der Waals surface area contributed by atoms with E-state index in [1.807, 2.05) is 12.1 Å². The van der Waals surface area contributed by atoms with Gasteiger partial charge in [-0.15, -0.1) is 0 Å². The lowest BCUT2D eigenvalue weighted by Crippen LogP contribution is -2.23. The summed E-state index contributed by atoms with van der Waals surface area (Å²) in [6.45, 7) is 2.13. The van der Waals surface area contributed by atoms with Crippen LogP contribution in [0, 0.1) is 5.82 Å². The molecule has 0 bridgehead atoms. The van der Waals surface area contributed by atoms with Crippen LogP contribution >= 0.6 is 0 Å². The van der Waals surface area contributed by atoms with Crippen LogP contribution in [-0.4, -0.2) is 11.4 Å². The van der Waals surface area contributed by atoms with Gasteiger partial charge < -0.3 is 5.73 Å². The van der Waals surface area contributed by atoms with Crippen molar-refractivity contribution in [1.82, 2.24) is 4.90 Å². The molecule has 1 aliphatic heterocycles. The molecule has 21 heavy (non-hydrogen) atoms.